The van der Waals surface area contributed by atoms with Crippen molar-refractivity contribution in [3.63, 3.8) is 0 Å². The van der Waals surface area contributed by atoms with Crippen molar-refractivity contribution < 1.29 is 4.74 Å². The molecule has 1 aromatic carbocycles. The normalized spacial score (nSPS) is 10.7. The molecule has 2 N–H and O–H groups in total. The molecule has 0 fully saturated rings. The van der Waals surface area contributed by atoms with Crippen molar-refractivity contribution in [3.05, 3.63) is 66.1 Å². The van der Waals surface area contributed by atoms with Crippen LogP contribution in [-0.2, 0) is 13.2 Å². The highest BCUT2D eigenvalue weighted by molar-refractivity contribution is 5.79. The van der Waals surface area contributed by atoms with Crippen LogP contribution in [0.4, 0.5) is 0 Å². The van der Waals surface area contributed by atoms with E-state index in [2.05, 4.69) is 9.97 Å². The molecule has 0 aliphatic carbocycles. The molecule has 0 atom stereocenters. The largest absolute Gasteiger partial charge is 0.489 e. The van der Waals surface area contributed by atoms with Gasteiger partial charge in [-0.15, -0.1) is 0 Å². The lowest BCUT2D eigenvalue weighted by Gasteiger charge is -2.09. The van der Waals surface area contributed by atoms with Crippen molar-refractivity contribution in [1.29, 1.82) is 0 Å². The van der Waals surface area contributed by atoms with Crippen LogP contribution >= 0.6 is 0 Å². The van der Waals surface area contributed by atoms with Crippen LogP contribution in [-0.4, -0.2) is 9.97 Å². The lowest BCUT2D eigenvalue weighted by Crippen LogP contribution is -2.06. The number of benzene rings is 1. The average Bonchev–Trinajstić information content (AvgIpc) is 2.53. The van der Waals surface area contributed by atoms with Gasteiger partial charge in [-0.2, -0.15) is 0 Å². The summed E-state index contributed by atoms with van der Waals surface area (Å²) in [6.07, 6.45) is 3.52. The van der Waals surface area contributed by atoms with Gasteiger partial charge < -0.3 is 10.5 Å². The van der Waals surface area contributed by atoms with Crippen LogP contribution < -0.4 is 10.5 Å². The van der Waals surface area contributed by atoms with Crippen molar-refractivity contribution in [2.45, 2.75) is 13.2 Å². The maximum Gasteiger partial charge on any atom is 0.122 e. The number of nitrogens with two attached hydrogens (primary N) is 1. The predicted molar refractivity (Wildman–Crippen MR) is 78.2 cm³/mol. The maximum atomic E-state index is 5.81. The highest BCUT2D eigenvalue weighted by Gasteiger charge is 2.03. The summed E-state index contributed by atoms with van der Waals surface area (Å²) in [4.78, 5) is 8.56. The number of ether oxygens (including phenoxy) is 1. The van der Waals surface area contributed by atoms with Crippen LogP contribution in [0.1, 0.15) is 11.3 Å². The summed E-state index contributed by atoms with van der Waals surface area (Å²) in [7, 11) is 0. The number of hydrogen-bond acceptors (Lipinski definition) is 4. The van der Waals surface area contributed by atoms with E-state index >= 15 is 0 Å². The van der Waals surface area contributed by atoms with Crippen molar-refractivity contribution in [2.75, 3.05) is 0 Å². The van der Waals surface area contributed by atoms with Gasteiger partial charge in [0.15, 0.2) is 0 Å². The molecule has 100 valence electrons. The van der Waals surface area contributed by atoms with Gasteiger partial charge in [-0.05, 0) is 24.3 Å². The number of aromatic nitrogens is 2. The van der Waals surface area contributed by atoms with E-state index in [1.807, 2.05) is 42.5 Å². The fourth-order valence-electron chi connectivity index (χ4n) is 2.08. The molecule has 0 saturated heterocycles. The van der Waals surface area contributed by atoms with E-state index in [0.717, 1.165) is 27.9 Å². The molecule has 0 bridgehead atoms. The zero-order valence-electron chi connectivity index (χ0n) is 11.0. The Hall–Kier alpha value is -2.46. The minimum absolute atomic E-state index is 0.415. The molecule has 0 radical (unpaired) electrons. The molecule has 0 unspecified atom stereocenters. The average molecular weight is 265 g/mol. The summed E-state index contributed by atoms with van der Waals surface area (Å²) < 4.78 is 5.81. The first-order valence-corrected chi connectivity index (χ1v) is 6.47. The zero-order valence-corrected chi connectivity index (χ0v) is 11.0. The Balaban J connectivity index is 1.79. The van der Waals surface area contributed by atoms with Crippen LogP contribution in [0, 0.1) is 0 Å². The molecule has 0 aliphatic heterocycles. The fourth-order valence-corrected chi connectivity index (χ4v) is 2.08. The van der Waals surface area contributed by atoms with Gasteiger partial charge in [0.1, 0.15) is 12.4 Å². The number of nitrogens with zero attached hydrogens (tertiary/aromatic N) is 2. The van der Waals surface area contributed by atoms with E-state index in [0.29, 0.717) is 13.2 Å². The molecular weight excluding hydrogens is 250 g/mol. The van der Waals surface area contributed by atoms with E-state index < -0.39 is 0 Å². The van der Waals surface area contributed by atoms with Crippen molar-refractivity contribution in [2.24, 2.45) is 5.73 Å². The maximum absolute atomic E-state index is 5.81. The highest BCUT2D eigenvalue weighted by atomic mass is 16.5. The van der Waals surface area contributed by atoms with Crippen LogP contribution in [0.25, 0.3) is 10.9 Å². The Bertz CT molecular complexity index is 727. The molecule has 2 heterocycles. The molecule has 3 rings (SSSR count). The van der Waals surface area contributed by atoms with Crippen molar-refractivity contribution >= 4 is 10.9 Å². The van der Waals surface area contributed by atoms with Gasteiger partial charge in [-0.1, -0.05) is 12.1 Å². The number of fused-ring (bicyclic) bond motifs is 1. The molecular formula is C16H15N3O. The Morgan fingerprint density at radius 2 is 1.85 bits per heavy atom. The summed E-state index contributed by atoms with van der Waals surface area (Å²) in [5.74, 6) is 0.794. The van der Waals surface area contributed by atoms with Gasteiger partial charge in [0.05, 0.1) is 11.2 Å². The Morgan fingerprint density at radius 3 is 2.75 bits per heavy atom. The lowest BCUT2D eigenvalue weighted by molar-refractivity contribution is 0.304. The van der Waals surface area contributed by atoms with Crippen LogP contribution in [0.15, 0.2) is 54.9 Å². The van der Waals surface area contributed by atoms with Crippen LogP contribution in [0.2, 0.25) is 0 Å². The third-order valence-corrected chi connectivity index (χ3v) is 3.15. The summed E-state index contributed by atoms with van der Waals surface area (Å²) in [5, 5.41) is 1.10. The van der Waals surface area contributed by atoms with E-state index in [4.69, 9.17) is 10.5 Å². The minimum Gasteiger partial charge on any atom is -0.489 e. The predicted octanol–water partition coefficient (Wildman–Crippen LogP) is 2.67. The topological polar surface area (TPSA) is 61.0 Å². The molecule has 0 spiro atoms. The molecule has 4 nitrogen and oxygen atoms in total. The molecule has 0 aliphatic rings. The van der Waals surface area contributed by atoms with E-state index in [1.165, 1.54) is 0 Å². The second-order valence-corrected chi connectivity index (χ2v) is 4.46. The fraction of sp³-hybridized carbons (Fsp3) is 0.125. The SMILES string of the molecule is NCc1ncccc1COc1ccc2cccnc2c1. The highest BCUT2D eigenvalue weighted by Crippen LogP contribution is 2.20. The van der Waals surface area contributed by atoms with Crippen LogP contribution in [0.3, 0.4) is 0 Å². The quantitative estimate of drug-likeness (QED) is 0.787. The summed E-state index contributed by atoms with van der Waals surface area (Å²) >= 11 is 0. The summed E-state index contributed by atoms with van der Waals surface area (Å²) in [5.41, 5.74) is 8.47. The molecule has 4 heteroatoms. The first-order chi connectivity index (χ1) is 9.86. The number of hydrogen-bond donors (Lipinski definition) is 1. The Kier molecular flexibility index (Phi) is 3.56. The first-order valence-electron chi connectivity index (χ1n) is 6.47. The van der Waals surface area contributed by atoms with Gasteiger partial charge >= 0.3 is 0 Å². The monoisotopic (exact) mass is 265 g/mol. The molecule has 20 heavy (non-hydrogen) atoms. The van der Waals surface area contributed by atoms with Gasteiger partial charge in [-0.25, -0.2) is 0 Å². The lowest BCUT2D eigenvalue weighted by atomic mass is 10.2. The standard InChI is InChI=1S/C16H15N3O/c17-10-16-13(4-2-8-19-16)11-20-14-6-5-12-3-1-7-18-15(12)9-14/h1-9H,10-11,17H2. The third kappa shape index (κ3) is 2.60. The van der Waals surface area contributed by atoms with Crippen molar-refractivity contribution in [1.82, 2.24) is 9.97 Å². The van der Waals surface area contributed by atoms with Gasteiger partial charge in [0.2, 0.25) is 0 Å². The van der Waals surface area contributed by atoms with Crippen LogP contribution in [0.5, 0.6) is 5.75 Å². The first kappa shape index (κ1) is 12.6. The molecule has 0 amide bonds. The van der Waals surface area contributed by atoms with Gasteiger partial charge in [0.25, 0.3) is 0 Å². The summed E-state index contributed by atoms with van der Waals surface area (Å²) in [6, 6.07) is 13.7. The Labute approximate surface area is 117 Å². The molecule has 2 aromatic heterocycles. The third-order valence-electron chi connectivity index (χ3n) is 3.15. The smallest absolute Gasteiger partial charge is 0.122 e. The molecule has 3 aromatic rings. The second-order valence-electron chi connectivity index (χ2n) is 4.46. The summed E-state index contributed by atoms with van der Waals surface area (Å²) in [6.45, 7) is 0.873. The van der Waals surface area contributed by atoms with Gasteiger partial charge in [-0.3, -0.25) is 9.97 Å². The van der Waals surface area contributed by atoms with Crippen molar-refractivity contribution in [3.8, 4) is 5.75 Å². The number of pyridine rings is 2. The van der Waals surface area contributed by atoms with E-state index in [9.17, 15) is 0 Å². The van der Waals surface area contributed by atoms with E-state index in [-0.39, 0.29) is 0 Å². The second kappa shape index (κ2) is 5.67. The van der Waals surface area contributed by atoms with E-state index in [1.54, 1.807) is 12.4 Å². The Morgan fingerprint density at radius 1 is 1.00 bits per heavy atom. The zero-order chi connectivity index (χ0) is 13.8. The van der Waals surface area contributed by atoms with Gasteiger partial charge in [0, 0.05) is 36.0 Å². The molecule has 0 saturated carbocycles. The minimum atomic E-state index is 0.415. The number of rotatable bonds is 4.